The molecule has 2 rings (SSSR count). The van der Waals surface area contributed by atoms with E-state index in [1.165, 1.54) is 18.2 Å². The molecule has 1 atom stereocenters. The van der Waals surface area contributed by atoms with Crippen LogP contribution >= 0.6 is 11.6 Å². The molecule has 0 aliphatic rings. The number of hydrogen-bond donors (Lipinski definition) is 2. The Morgan fingerprint density at radius 1 is 1.15 bits per heavy atom. The van der Waals surface area contributed by atoms with Gasteiger partial charge in [0.25, 0.3) is 0 Å². The molecule has 5 heteroatoms. The van der Waals surface area contributed by atoms with E-state index in [1.807, 2.05) is 37.3 Å². The van der Waals surface area contributed by atoms with E-state index in [9.17, 15) is 9.18 Å². The maximum atomic E-state index is 13.5. The number of anilines is 1. The van der Waals surface area contributed by atoms with Crippen LogP contribution in [0.25, 0.3) is 0 Å². The van der Waals surface area contributed by atoms with Crippen LogP contribution in [0.1, 0.15) is 18.5 Å². The van der Waals surface area contributed by atoms with Gasteiger partial charge in [0.1, 0.15) is 5.82 Å². The topological polar surface area (TPSA) is 41.1 Å². The molecule has 0 heterocycles. The Balaban J connectivity index is 2.03. The number of halogens is 2. The minimum atomic E-state index is -0.569. The van der Waals surface area contributed by atoms with Crippen LogP contribution in [-0.4, -0.2) is 6.03 Å². The van der Waals surface area contributed by atoms with Gasteiger partial charge in [-0.25, -0.2) is 9.18 Å². The fourth-order valence-electron chi connectivity index (χ4n) is 1.79. The van der Waals surface area contributed by atoms with Crippen molar-refractivity contribution in [3.05, 3.63) is 64.9 Å². The number of carbonyl (C=O) groups is 1. The van der Waals surface area contributed by atoms with Crippen molar-refractivity contribution in [2.45, 2.75) is 13.0 Å². The molecular formula is C15H14ClFN2O. The summed E-state index contributed by atoms with van der Waals surface area (Å²) >= 11 is 5.84. The first-order chi connectivity index (χ1) is 9.58. The average molecular weight is 293 g/mol. The van der Waals surface area contributed by atoms with Crippen molar-refractivity contribution in [2.75, 3.05) is 5.32 Å². The van der Waals surface area contributed by atoms with Gasteiger partial charge in [-0.1, -0.05) is 48.0 Å². The van der Waals surface area contributed by atoms with Crippen molar-refractivity contribution in [3.8, 4) is 0 Å². The summed E-state index contributed by atoms with van der Waals surface area (Å²) in [6.07, 6.45) is 0. The second kappa shape index (κ2) is 6.39. The third-order valence-electron chi connectivity index (χ3n) is 2.85. The zero-order valence-electron chi connectivity index (χ0n) is 10.9. The first kappa shape index (κ1) is 14.3. The lowest BCUT2D eigenvalue weighted by molar-refractivity contribution is 0.249. The minimum Gasteiger partial charge on any atom is -0.331 e. The van der Waals surface area contributed by atoms with Gasteiger partial charge in [0, 0.05) is 0 Å². The zero-order chi connectivity index (χ0) is 14.5. The van der Waals surface area contributed by atoms with Crippen molar-refractivity contribution in [2.24, 2.45) is 0 Å². The summed E-state index contributed by atoms with van der Waals surface area (Å²) in [7, 11) is 0. The number of para-hydroxylation sites is 1. The molecule has 0 bridgehead atoms. The Kier molecular flexibility index (Phi) is 4.58. The van der Waals surface area contributed by atoms with Gasteiger partial charge in [0.15, 0.2) is 0 Å². The summed E-state index contributed by atoms with van der Waals surface area (Å²) in [6, 6.07) is 13.0. The highest BCUT2D eigenvalue weighted by molar-refractivity contribution is 6.33. The van der Waals surface area contributed by atoms with E-state index >= 15 is 0 Å². The molecule has 1 unspecified atom stereocenters. The van der Waals surface area contributed by atoms with Gasteiger partial charge in [-0.15, -0.1) is 0 Å². The Hall–Kier alpha value is -2.07. The predicted octanol–water partition coefficient (Wildman–Crippen LogP) is 4.36. The molecule has 0 aromatic heterocycles. The van der Waals surface area contributed by atoms with Crippen LogP contribution < -0.4 is 10.6 Å². The number of urea groups is 1. The summed E-state index contributed by atoms with van der Waals surface area (Å²) < 4.78 is 13.5. The fraction of sp³-hybridized carbons (Fsp3) is 0.133. The maximum Gasteiger partial charge on any atom is 0.319 e. The normalized spacial score (nSPS) is 11.8. The Labute approximate surface area is 121 Å². The molecular weight excluding hydrogens is 279 g/mol. The monoisotopic (exact) mass is 292 g/mol. The first-order valence-electron chi connectivity index (χ1n) is 6.14. The Morgan fingerprint density at radius 3 is 2.50 bits per heavy atom. The van der Waals surface area contributed by atoms with Crippen molar-refractivity contribution >= 4 is 23.3 Å². The molecule has 0 radical (unpaired) electrons. The van der Waals surface area contributed by atoms with Crippen molar-refractivity contribution in [1.29, 1.82) is 0 Å². The largest absolute Gasteiger partial charge is 0.331 e. The molecule has 0 aliphatic heterocycles. The number of carbonyl (C=O) groups excluding carboxylic acids is 1. The number of amides is 2. The summed E-state index contributed by atoms with van der Waals surface area (Å²) in [6.45, 7) is 1.85. The van der Waals surface area contributed by atoms with Gasteiger partial charge in [-0.2, -0.15) is 0 Å². The highest BCUT2D eigenvalue weighted by Gasteiger charge is 2.13. The highest BCUT2D eigenvalue weighted by Crippen LogP contribution is 2.24. The van der Waals surface area contributed by atoms with Crippen LogP contribution in [0.5, 0.6) is 0 Å². The lowest BCUT2D eigenvalue weighted by Crippen LogP contribution is -2.31. The van der Waals surface area contributed by atoms with Crippen LogP contribution in [-0.2, 0) is 0 Å². The third-order valence-corrected chi connectivity index (χ3v) is 3.16. The van der Waals surface area contributed by atoms with E-state index in [-0.39, 0.29) is 16.8 Å². The van der Waals surface area contributed by atoms with Gasteiger partial charge < -0.3 is 10.6 Å². The van der Waals surface area contributed by atoms with Crippen molar-refractivity contribution in [1.82, 2.24) is 5.32 Å². The lowest BCUT2D eigenvalue weighted by Gasteiger charge is -2.15. The highest BCUT2D eigenvalue weighted by atomic mass is 35.5. The second-order valence-electron chi connectivity index (χ2n) is 4.33. The summed E-state index contributed by atoms with van der Waals surface area (Å²) in [4.78, 5) is 11.9. The van der Waals surface area contributed by atoms with Crippen molar-refractivity contribution < 1.29 is 9.18 Å². The minimum absolute atomic E-state index is 0.0214. The molecule has 104 valence electrons. The molecule has 20 heavy (non-hydrogen) atoms. The molecule has 2 N–H and O–H groups in total. The standard InChI is InChI=1S/C15H14ClFN2O/c1-10(11-6-3-2-4-7-11)18-15(20)19-14-12(16)8-5-9-13(14)17/h2-10H,1H3,(H2,18,19,20). The molecule has 2 aromatic rings. The summed E-state index contributed by atoms with van der Waals surface area (Å²) in [5.41, 5.74) is 0.939. The molecule has 0 spiro atoms. The van der Waals surface area contributed by atoms with Gasteiger partial charge >= 0.3 is 6.03 Å². The number of nitrogens with one attached hydrogen (secondary N) is 2. The molecule has 0 saturated heterocycles. The van der Waals surface area contributed by atoms with E-state index in [1.54, 1.807) is 0 Å². The number of hydrogen-bond acceptors (Lipinski definition) is 1. The van der Waals surface area contributed by atoms with Crippen LogP contribution in [0, 0.1) is 5.82 Å². The SMILES string of the molecule is CC(NC(=O)Nc1c(F)cccc1Cl)c1ccccc1. The first-order valence-corrected chi connectivity index (χ1v) is 6.52. The van der Waals surface area contributed by atoms with Crippen LogP contribution in [0.3, 0.4) is 0 Å². The summed E-state index contributed by atoms with van der Waals surface area (Å²) in [5.74, 6) is -0.569. The van der Waals surface area contributed by atoms with Gasteiger partial charge in [0.2, 0.25) is 0 Å². The molecule has 2 amide bonds. The Morgan fingerprint density at radius 2 is 1.85 bits per heavy atom. The van der Waals surface area contributed by atoms with Gasteiger partial charge in [-0.05, 0) is 24.6 Å². The molecule has 0 aliphatic carbocycles. The smallest absolute Gasteiger partial charge is 0.319 e. The van der Waals surface area contributed by atoms with Crippen LogP contribution in [0.2, 0.25) is 5.02 Å². The molecule has 0 fully saturated rings. The number of rotatable bonds is 3. The van der Waals surface area contributed by atoms with Crippen LogP contribution in [0.4, 0.5) is 14.9 Å². The van der Waals surface area contributed by atoms with E-state index in [2.05, 4.69) is 10.6 Å². The van der Waals surface area contributed by atoms with Crippen molar-refractivity contribution in [3.63, 3.8) is 0 Å². The van der Waals surface area contributed by atoms with E-state index in [4.69, 9.17) is 11.6 Å². The fourth-order valence-corrected chi connectivity index (χ4v) is 2.00. The molecule has 3 nitrogen and oxygen atoms in total. The van der Waals surface area contributed by atoms with E-state index in [0.29, 0.717) is 0 Å². The van der Waals surface area contributed by atoms with E-state index < -0.39 is 11.8 Å². The Bertz CT molecular complexity index is 584. The van der Waals surface area contributed by atoms with Gasteiger partial charge in [0.05, 0.1) is 16.8 Å². The second-order valence-corrected chi connectivity index (χ2v) is 4.73. The molecule has 2 aromatic carbocycles. The maximum absolute atomic E-state index is 13.5. The third kappa shape index (κ3) is 3.48. The lowest BCUT2D eigenvalue weighted by atomic mass is 10.1. The van der Waals surface area contributed by atoms with Crippen LogP contribution in [0.15, 0.2) is 48.5 Å². The van der Waals surface area contributed by atoms with E-state index in [0.717, 1.165) is 5.56 Å². The van der Waals surface area contributed by atoms with Gasteiger partial charge in [-0.3, -0.25) is 0 Å². The average Bonchev–Trinajstić information content (AvgIpc) is 2.44. The zero-order valence-corrected chi connectivity index (χ0v) is 11.6. The predicted molar refractivity (Wildman–Crippen MR) is 78.4 cm³/mol. The number of benzene rings is 2. The summed E-state index contributed by atoms with van der Waals surface area (Å²) in [5, 5.41) is 5.31. The molecule has 0 saturated carbocycles. The quantitative estimate of drug-likeness (QED) is 0.867.